The summed E-state index contributed by atoms with van der Waals surface area (Å²) >= 11 is 0. The second kappa shape index (κ2) is 12.1. The average Bonchev–Trinajstić information content (AvgIpc) is 3.38. The molecule has 10 heteroatoms. The molecule has 1 amide bonds. The number of carbonyl (C=O) groups is 1. The third-order valence-corrected chi connectivity index (χ3v) is 8.47. The smallest absolute Gasteiger partial charge is 0.251 e. The van der Waals surface area contributed by atoms with Crippen molar-refractivity contribution in [2.24, 2.45) is 5.92 Å². The highest BCUT2D eigenvalue weighted by Gasteiger charge is 2.32. The van der Waals surface area contributed by atoms with Crippen molar-refractivity contribution in [3.63, 3.8) is 0 Å². The molecule has 0 aromatic heterocycles. The highest BCUT2D eigenvalue weighted by atomic mass is 32.2. The first-order valence-corrected chi connectivity index (χ1v) is 14.3. The van der Waals surface area contributed by atoms with Crippen LogP contribution in [-0.4, -0.2) is 55.8 Å². The zero-order valence-electron chi connectivity index (χ0n) is 22.3. The fourth-order valence-corrected chi connectivity index (χ4v) is 6.13. The lowest BCUT2D eigenvalue weighted by atomic mass is 9.99. The summed E-state index contributed by atoms with van der Waals surface area (Å²) in [6.45, 7) is 5.55. The van der Waals surface area contributed by atoms with Crippen molar-refractivity contribution in [3.8, 4) is 11.5 Å². The van der Waals surface area contributed by atoms with E-state index in [0.29, 0.717) is 34.7 Å². The number of sulfonamides is 1. The molecule has 39 heavy (non-hydrogen) atoms. The lowest BCUT2D eigenvalue weighted by molar-refractivity contribution is 0.0775. The molecule has 0 bridgehead atoms. The van der Waals surface area contributed by atoms with E-state index < -0.39 is 28.1 Å². The van der Waals surface area contributed by atoms with Crippen LogP contribution in [0.25, 0.3) is 0 Å². The Balaban J connectivity index is 1.62. The van der Waals surface area contributed by atoms with Gasteiger partial charge in [-0.15, -0.1) is 0 Å². The van der Waals surface area contributed by atoms with Gasteiger partial charge >= 0.3 is 0 Å². The first-order valence-electron chi connectivity index (χ1n) is 12.8. The third-order valence-electron chi connectivity index (χ3n) is 6.64. The number of benzene rings is 3. The summed E-state index contributed by atoms with van der Waals surface area (Å²) < 4.78 is 39.4. The molecule has 208 valence electrons. The van der Waals surface area contributed by atoms with Gasteiger partial charge in [0.1, 0.15) is 0 Å². The summed E-state index contributed by atoms with van der Waals surface area (Å²) in [7, 11) is -4.00. The van der Waals surface area contributed by atoms with E-state index in [2.05, 4.69) is 5.32 Å². The van der Waals surface area contributed by atoms with Crippen LogP contribution in [0.5, 0.6) is 11.5 Å². The minimum atomic E-state index is -4.00. The molecule has 0 saturated heterocycles. The molecule has 0 spiro atoms. The normalized spacial score (nSPS) is 14.4. The zero-order valence-corrected chi connectivity index (χ0v) is 23.1. The number of nitrogens with two attached hydrogens (primary N) is 1. The van der Waals surface area contributed by atoms with Crippen LogP contribution in [0, 0.1) is 12.8 Å². The van der Waals surface area contributed by atoms with Crippen LogP contribution in [0.15, 0.2) is 71.6 Å². The molecule has 4 N–H and O–H groups in total. The number of aliphatic hydroxyl groups is 1. The van der Waals surface area contributed by atoms with Crippen molar-refractivity contribution in [2.45, 2.75) is 44.2 Å². The number of carbonyl (C=O) groups excluding carboxylic acids is 1. The Labute approximate surface area is 229 Å². The standard InChI is InChI=1S/C29H35N3O6S/c1-19(2)16-32(39(35,36)22-12-13-27-28(15-22)38-18-37-27)17-26(33)25(14-21-8-5-4-6-9-21)31-29(34)23-10-7-11-24(30)20(23)3/h4-13,15,19,25-26,33H,14,16-18,30H2,1-3H3,(H,31,34)/t25-,26+/m0/s1. The SMILES string of the molecule is Cc1c(N)cccc1C(=O)N[C@@H](Cc1ccccc1)[C@H](O)CN(CC(C)C)S(=O)(=O)c1ccc2c(c1)OCO2. The second-order valence-corrected chi connectivity index (χ2v) is 12.0. The molecule has 0 saturated carbocycles. The first kappa shape index (κ1) is 28.4. The fourth-order valence-electron chi connectivity index (χ4n) is 4.50. The molecular formula is C29H35N3O6S. The number of nitrogens with zero attached hydrogens (tertiary/aromatic N) is 1. The van der Waals surface area contributed by atoms with Gasteiger partial charge in [-0.05, 0) is 54.7 Å². The maximum atomic E-state index is 13.7. The number of nitrogen functional groups attached to an aromatic ring is 1. The van der Waals surface area contributed by atoms with Crippen LogP contribution in [0.4, 0.5) is 5.69 Å². The van der Waals surface area contributed by atoms with Gasteiger partial charge in [0.25, 0.3) is 5.91 Å². The Morgan fingerprint density at radius 3 is 2.46 bits per heavy atom. The van der Waals surface area contributed by atoms with Gasteiger partial charge in [-0.3, -0.25) is 4.79 Å². The average molecular weight is 554 g/mol. The quantitative estimate of drug-likeness (QED) is 0.310. The molecule has 0 radical (unpaired) electrons. The van der Waals surface area contributed by atoms with Crippen molar-refractivity contribution in [2.75, 3.05) is 25.6 Å². The van der Waals surface area contributed by atoms with E-state index in [-0.39, 0.29) is 30.7 Å². The van der Waals surface area contributed by atoms with E-state index in [1.165, 1.54) is 16.4 Å². The molecule has 0 unspecified atom stereocenters. The van der Waals surface area contributed by atoms with Gasteiger partial charge in [0, 0.05) is 30.4 Å². The molecule has 3 aromatic carbocycles. The fraction of sp³-hybridized carbons (Fsp3) is 0.345. The van der Waals surface area contributed by atoms with Crippen molar-refractivity contribution in [1.82, 2.24) is 9.62 Å². The van der Waals surface area contributed by atoms with E-state index in [4.69, 9.17) is 15.2 Å². The van der Waals surface area contributed by atoms with E-state index in [1.54, 1.807) is 31.2 Å². The molecule has 0 aliphatic carbocycles. The number of anilines is 1. The molecule has 1 heterocycles. The Bertz CT molecular complexity index is 1410. The van der Waals surface area contributed by atoms with Gasteiger partial charge in [-0.2, -0.15) is 4.31 Å². The molecule has 2 atom stereocenters. The minimum absolute atomic E-state index is 0.0157. The summed E-state index contributed by atoms with van der Waals surface area (Å²) in [5.41, 5.74) is 8.41. The van der Waals surface area contributed by atoms with Crippen molar-refractivity contribution in [3.05, 3.63) is 83.4 Å². The van der Waals surface area contributed by atoms with Gasteiger partial charge in [0.2, 0.25) is 16.8 Å². The Kier molecular flexibility index (Phi) is 8.79. The van der Waals surface area contributed by atoms with E-state index in [1.807, 2.05) is 44.2 Å². The number of amides is 1. The highest BCUT2D eigenvalue weighted by molar-refractivity contribution is 7.89. The highest BCUT2D eigenvalue weighted by Crippen LogP contribution is 2.35. The lowest BCUT2D eigenvalue weighted by Gasteiger charge is -2.31. The summed E-state index contributed by atoms with van der Waals surface area (Å²) in [6.07, 6.45) is -0.910. The summed E-state index contributed by atoms with van der Waals surface area (Å²) in [4.78, 5) is 13.3. The largest absolute Gasteiger partial charge is 0.454 e. The molecule has 0 fully saturated rings. The maximum absolute atomic E-state index is 13.7. The number of aliphatic hydroxyl groups excluding tert-OH is 1. The van der Waals surface area contributed by atoms with Crippen LogP contribution >= 0.6 is 0 Å². The number of nitrogens with one attached hydrogen (secondary N) is 1. The topological polar surface area (TPSA) is 131 Å². The Morgan fingerprint density at radius 1 is 1.03 bits per heavy atom. The molecule has 4 rings (SSSR count). The summed E-state index contributed by atoms with van der Waals surface area (Å²) in [6, 6.07) is 18.2. The van der Waals surface area contributed by atoms with Crippen LogP contribution in [0.3, 0.4) is 0 Å². The predicted octanol–water partition coefficient (Wildman–Crippen LogP) is 3.35. The maximum Gasteiger partial charge on any atom is 0.251 e. The molecule has 1 aliphatic rings. The Morgan fingerprint density at radius 2 is 1.74 bits per heavy atom. The van der Waals surface area contributed by atoms with Gasteiger partial charge in [-0.1, -0.05) is 50.2 Å². The van der Waals surface area contributed by atoms with E-state index >= 15 is 0 Å². The summed E-state index contributed by atoms with van der Waals surface area (Å²) in [5.74, 6) is 0.423. The number of fused-ring (bicyclic) bond motifs is 1. The molecule has 3 aromatic rings. The number of hydrogen-bond acceptors (Lipinski definition) is 7. The molecule has 9 nitrogen and oxygen atoms in total. The van der Waals surface area contributed by atoms with Gasteiger partial charge in [0.05, 0.1) is 17.0 Å². The molecular weight excluding hydrogens is 518 g/mol. The van der Waals surface area contributed by atoms with Crippen LogP contribution in [-0.2, 0) is 16.4 Å². The lowest BCUT2D eigenvalue weighted by Crippen LogP contribution is -2.51. The Hall–Kier alpha value is -3.60. The van der Waals surface area contributed by atoms with Crippen molar-refractivity contribution < 1.29 is 27.8 Å². The van der Waals surface area contributed by atoms with Crippen LogP contribution < -0.4 is 20.5 Å². The molecule has 1 aliphatic heterocycles. The third kappa shape index (κ3) is 6.70. The predicted molar refractivity (Wildman–Crippen MR) is 149 cm³/mol. The number of hydrogen-bond donors (Lipinski definition) is 3. The monoisotopic (exact) mass is 553 g/mol. The first-order chi connectivity index (χ1) is 18.6. The van der Waals surface area contributed by atoms with Gasteiger partial charge in [0.15, 0.2) is 11.5 Å². The number of rotatable bonds is 11. The summed E-state index contributed by atoms with van der Waals surface area (Å²) in [5, 5.41) is 14.4. The second-order valence-electron chi connectivity index (χ2n) is 10.1. The number of ether oxygens (including phenoxy) is 2. The van der Waals surface area contributed by atoms with E-state index in [0.717, 1.165) is 5.56 Å². The van der Waals surface area contributed by atoms with Crippen LogP contribution in [0.2, 0.25) is 0 Å². The van der Waals surface area contributed by atoms with Crippen LogP contribution in [0.1, 0.15) is 35.3 Å². The minimum Gasteiger partial charge on any atom is -0.454 e. The van der Waals surface area contributed by atoms with Crippen molar-refractivity contribution in [1.29, 1.82) is 0 Å². The van der Waals surface area contributed by atoms with Gasteiger partial charge in [-0.25, -0.2) is 8.42 Å². The van der Waals surface area contributed by atoms with Crippen molar-refractivity contribution >= 4 is 21.6 Å². The van der Waals surface area contributed by atoms with Gasteiger partial charge < -0.3 is 25.6 Å². The van der Waals surface area contributed by atoms with E-state index in [9.17, 15) is 18.3 Å². The zero-order chi connectivity index (χ0) is 28.2.